The molecule has 5 heteroatoms. The maximum absolute atomic E-state index is 12.4. The lowest BCUT2D eigenvalue weighted by Crippen LogP contribution is -2.43. The van der Waals surface area contributed by atoms with E-state index in [1.807, 2.05) is 37.3 Å². The highest BCUT2D eigenvalue weighted by Gasteiger charge is 2.47. The van der Waals surface area contributed by atoms with Gasteiger partial charge in [0.15, 0.2) is 0 Å². The Bertz CT molecular complexity index is 657. The number of likely N-dealkylation sites (tertiary alicyclic amines) is 1. The normalized spacial score (nSPS) is 23.5. The number of benzene rings is 1. The molecule has 0 radical (unpaired) electrons. The second-order valence-electron chi connectivity index (χ2n) is 6.91. The van der Waals surface area contributed by atoms with Gasteiger partial charge in [-0.2, -0.15) is 0 Å². The largest absolute Gasteiger partial charge is 0.352 e. The third kappa shape index (κ3) is 3.98. The van der Waals surface area contributed by atoms with E-state index < -0.39 is 0 Å². The molecule has 1 aromatic rings. The fourth-order valence-corrected chi connectivity index (χ4v) is 3.59. The van der Waals surface area contributed by atoms with Crippen LogP contribution < -0.4 is 5.32 Å². The second-order valence-corrected chi connectivity index (χ2v) is 6.91. The van der Waals surface area contributed by atoms with Crippen LogP contribution in [0.2, 0.25) is 0 Å². The first-order chi connectivity index (χ1) is 12.1. The predicted molar refractivity (Wildman–Crippen MR) is 94.4 cm³/mol. The molecule has 0 saturated carbocycles. The minimum atomic E-state index is -0.277. The molecule has 1 heterocycles. The van der Waals surface area contributed by atoms with Crippen molar-refractivity contribution in [2.75, 3.05) is 6.54 Å². The summed E-state index contributed by atoms with van der Waals surface area (Å²) in [6, 6.07) is 10.1. The Morgan fingerprint density at radius 3 is 2.32 bits per heavy atom. The molecule has 1 aliphatic carbocycles. The zero-order valence-corrected chi connectivity index (χ0v) is 14.5. The summed E-state index contributed by atoms with van der Waals surface area (Å²) in [4.78, 5) is 38.1. The van der Waals surface area contributed by atoms with Crippen molar-refractivity contribution >= 4 is 17.7 Å². The molecule has 1 fully saturated rings. The monoisotopic (exact) mass is 340 g/mol. The number of carbonyl (C=O) groups is 3. The van der Waals surface area contributed by atoms with E-state index in [1.54, 1.807) is 0 Å². The van der Waals surface area contributed by atoms with Gasteiger partial charge in [-0.25, -0.2) is 0 Å². The van der Waals surface area contributed by atoms with Gasteiger partial charge in [-0.05, 0) is 38.2 Å². The van der Waals surface area contributed by atoms with Gasteiger partial charge in [0.2, 0.25) is 17.7 Å². The van der Waals surface area contributed by atoms with Crippen LogP contribution >= 0.6 is 0 Å². The highest BCUT2D eigenvalue weighted by molar-refractivity contribution is 6.07. The van der Waals surface area contributed by atoms with E-state index in [9.17, 15) is 14.4 Å². The molecular formula is C20H24N2O3. The van der Waals surface area contributed by atoms with Crippen LogP contribution in [0.25, 0.3) is 0 Å². The summed E-state index contributed by atoms with van der Waals surface area (Å²) in [6.07, 6.45) is 6.78. The molecule has 132 valence electrons. The van der Waals surface area contributed by atoms with Gasteiger partial charge in [0.05, 0.1) is 11.8 Å². The van der Waals surface area contributed by atoms with E-state index in [0.717, 1.165) is 17.7 Å². The minimum Gasteiger partial charge on any atom is -0.352 e. The maximum atomic E-state index is 12.4. The first kappa shape index (κ1) is 17.4. The number of nitrogens with one attached hydrogen (secondary N) is 1. The Hall–Kier alpha value is -2.43. The molecule has 1 N–H and O–H groups in total. The number of hydrogen-bond acceptors (Lipinski definition) is 3. The van der Waals surface area contributed by atoms with E-state index in [1.165, 1.54) is 5.56 Å². The van der Waals surface area contributed by atoms with Gasteiger partial charge >= 0.3 is 0 Å². The third-order valence-corrected chi connectivity index (χ3v) is 5.02. The Kier molecular flexibility index (Phi) is 5.31. The number of fused-ring (bicyclic) bond motifs is 1. The van der Waals surface area contributed by atoms with Crippen LogP contribution in [0, 0.1) is 11.8 Å². The standard InChI is InChI=1S/C20H24N2O3/c1-14(11-12-15-7-3-2-4-8-15)21-18(23)13-22-19(24)16-9-5-6-10-17(16)20(22)25/h2-8,14,16-17H,9-13H2,1H3,(H,21,23)/t14-,16-,17+/m1/s1. The molecule has 1 saturated heterocycles. The van der Waals surface area contributed by atoms with Crippen molar-refractivity contribution in [3.05, 3.63) is 48.0 Å². The maximum Gasteiger partial charge on any atom is 0.240 e. The average Bonchev–Trinajstić information content (AvgIpc) is 2.86. The summed E-state index contributed by atoms with van der Waals surface area (Å²) in [5.74, 6) is -1.23. The Labute approximate surface area is 148 Å². The number of carbonyl (C=O) groups excluding carboxylic acids is 3. The lowest BCUT2D eigenvalue weighted by Gasteiger charge is -2.18. The lowest BCUT2D eigenvalue weighted by molar-refractivity contribution is -0.143. The minimum absolute atomic E-state index is 0.00976. The average molecular weight is 340 g/mol. The summed E-state index contributed by atoms with van der Waals surface area (Å²) >= 11 is 0. The van der Waals surface area contributed by atoms with E-state index in [4.69, 9.17) is 0 Å². The molecule has 1 aliphatic heterocycles. The molecule has 0 unspecified atom stereocenters. The molecule has 1 aromatic carbocycles. The van der Waals surface area contributed by atoms with Gasteiger partial charge in [-0.15, -0.1) is 0 Å². The summed E-state index contributed by atoms with van der Waals surface area (Å²) in [7, 11) is 0. The Balaban J connectivity index is 1.49. The van der Waals surface area contributed by atoms with Gasteiger partial charge in [0, 0.05) is 6.04 Å². The van der Waals surface area contributed by atoms with Crippen LogP contribution in [0.3, 0.4) is 0 Å². The van der Waals surface area contributed by atoms with Gasteiger partial charge < -0.3 is 5.32 Å². The molecular weight excluding hydrogens is 316 g/mol. The van der Waals surface area contributed by atoms with E-state index >= 15 is 0 Å². The summed E-state index contributed by atoms with van der Waals surface area (Å²) in [6.45, 7) is 1.78. The van der Waals surface area contributed by atoms with Gasteiger partial charge in [0.1, 0.15) is 6.54 Å². The van der Waals surface area contributed by atoms with E-state index in [-0.39, 0.29) is 42.1 Å². The van der Waals surface area contributed by atoms with Crippen LogP contribution in [-0.4, -0.2) is 35.2 Å². The number of allylic oxidation sites excluding steroid dienone is 2. The quantitative estimate of drug-likeness (QED) is 0.637. The highest BCUT2D eigenvalue weighted by Crippen LogP contribution is 2.34. The smallest absolute Gasteiger partial charge is 0.240 e. The van der Waals surface area contributed by atoms with Crippen molar-refractivity contribution in [2.24, 2.45) is 11.8 Å². The molecule has 0 spiro atoms. The lowest BCUT2D eigenvalue weighted by atomic mass is 9.85. The number of aryl methyl sites for hydroxylation is 1. The SMILES string of the molecule is C[C@H](CCc1ccccc1)NC(=O)CN1C(=O)[C@H]2CC=CC[C@H]2C1=O. The highest BCUT2D eigenvalue weighted by atomic mass is 16.2. The fourth-order valence-electron chi connectivity index (χ4n) is 3.59. The van der Waals surface area contributed by atoms with Crippen LogP contribution in [-0.2, 0) is 20.8 Å². The van der Waals surface area contributed by atoms with Crippen LogP contribution in [0.1, 0.15) is 31.7 Å². The number of hydrogen-bond donors (Lipinski definition) is 1. The number of amides is 3. The van der Waals surface area contributed by atoms with Gasteiger partial charge in [-0.3, -0.25) is 19.3 Å². The molecule has 25 heavy (non-hydrogen) atoms. The molecule has 2 aliphatic rings. The van der Waals surface area contributed by atoms with Crippen molar-refractivity contribution < 1.29 is 14.4 Å². The third-order valence-electron chi connectivity index (χ3n) is 5.02. The molecule has 3 rings (SSSR count). The molecule has 3 atom stereocenters. The van der Waals surface area contributed by atoms with E-state index in [2.05, 4.69) is 17.4 Å². The van der Waals surface area contributed by atoms with Crippen molar-refractivity contribution in [1.29, 1.82) is 0 Å². The zero-order valence-electron chi connectivity index (χ0n) is 14.5. The molecule has 3 amide bonds. The second kappa shape index (κ2) is 7.64. The van der Waals surface area contributed by atoms with Gasteiger partial charge in [-0.1, -0.05) is 42.5 Å². The van der Waals surface area contributed by atoms with Crippen molar-refractivity contribution in [1.82, 2.24) is 10.2 Å². The Morgan fingerprint density at radius 1 is 1.12 bits per heavy atom. The van der Waals surface area contributed by atoms with Crippen molar-refractivity contribution in [3.8, 4) is 0 Å². The van der Waals surface area contributed by atoms with Crippen molar-refractivity contribution in [3.63, 3.8) is 0 Å². The predicted octanol–water partition coefficient (Wildman–Crippen LogP) is 2.08. The molecule has 5 nitrogen and oxygen atoms in total. The molecule has 0 aromatic heterocycles. The van der Waals surface area contributed by atoms with Crippen LogP contribution in [0.4, 0.5) is 0 Å². The summed E-state index contributed by atoms with van der Waals surface area (Å²) in [5.41, 5.74) is 1.23. The topological polar surface area (TPSA) is 66.5 Å². The van der Waals surface area contributed by atoms with Crippen LogP contribution in [0.5, 0.6) is 0 Å². The number of nitrogens with zero attached hydrogens (tertiary/aromatic N) is 1. The zero-order chi connectivity index (χ0) is 17.8. The summed E-state index contributed by atoms with van der Waals surface area (Å²) in [5, 5.41) is 2.90. The van der Waals surface area contributed by atoms with E-state index in [0.29, 0.717) is 12.8 Å². The Morgan fingerprint density at radius 2 is 1.72 bits per heavy atom. The fraction of sp³-hybridized carbons (Fsp3) is 0.450. The first-order valence-electron chi connectivity index (χ1n) is 8.89. The summed E-state index contributed by atoms with van der Waals surface area (Å²) < 4.78 is 0. The van der Waals surface area contributed by atoms with Gasteiger partial charge in [0.25, 0.3) is 0 Å². The van der Waals surface area contributed by atoms with Crippen LogP contribution in [0.15, 0.2) is 42.5 Å². The van der Waals surface area contributed by atoms with Crippen molar-refractivity contribution in [2.45, 2.75) is 38.6 Å². The number of rotatable bonds is 6. The first-order valence-corrected chi connectivity index (χ1v) is 8.89. The number of imide groups is 1. The molecule has 0 bridgehead atoms.